The Bertz CT molecular complexity index is 863. The summed E-state index contributed by atoms with van der Waals surface area (Å²) in [7, 11) is -1.19. The Morgan fingerprint density at radius 2 is 0.800 bits per heavy atom. The first-order valence-corrected chi connectivity index (χ1v) is 33.6. The standard InChI is InChI=1S/C9H20.C8H18OS.C8H18O.C8H18S.C7H17N.C7H16OS.C7H16O.C7H16S/c1-8(2)6-5-7-9(3)4;1-7(2)5-6-10(9)8(3)4;2*1-7(2)5-6-9-8(3)4;1-6(2)5-8-7(3)4;1-6(2)5-9(8)7(3)4;2*1-6(2)5-8-7(3)4/h8-9H,5-7H2,1-4H3;7-8H,5-6H2,1-4H3;2*7-8H,5-6H2,1-4H3;6-8H,5H2,1-4H3;6-7H,5H2,1-4H3;2*6-7H,5H2,1-4H3. The largest absolute Gasteiger partial charge is 0.379 e. The lowest BCUT2D eigenvalue weighted by Crippen LogP contribution is -2.26. The minimum atomic E-state index is -0.602. The molecule has 0 aliphatic carbocycles. The SMILES string of the molecule is CC(C)CCCC(C)C.CC(C)CCOC(C)C.CC(C)CCS(=O)C(C)C.CC(C)CCSC(C)C.CC(C)CNC(C)C.CC(C)COC(C)C.CC(C)CS(=O)C(C)C.CC(C)CSC(C)C. The zero-order valence-corrected chi connectivity index (χ0v) is 57.5. The summed E-state index contributed by atoms with van der Waals surface area (Å²) in [6, 6.07) is 0.636. The topological polar surface area (TPSA) is 64.6 Å². The van der Waals surface area contributed by atoms with Crippen LogP contribution in [0.25, 0.3) is 0 Å². The maximum absolute atomic E-state index is 11.2. The monoisotopic (exact) mass is 1080 g/mol. The fourth-order valence-electron chi connectivity index (χ4n) is 4.36. The van der Waals surface area contributed by atoms with Crippen molar-refractivity contribution in [2.24, 2.45) is 53.3 Å². The molecule has 2 atom stereocenters. The minimum absolute atomic E-state index is 0.326. The Hall–Kier alpha value is 0.880. The van der Waals surface area contributed by atoms with Crippen molar-refractivity contribution in [1.29, 1.82) is 0 Å². The van der Waals surface area contributed by atoms with Crippen molar-refractivity contribution in [3.63, 3.8) is 0 Å². The molecule has 0 aromatic rings. The lowest BCUT2D eigenvalue weighted by Gasteiger charge is -2.09. The normalized spacial score (nSPS) is 12.2. The molecule has 5 nitrogen and oxygen atoms in total. The second-order valence-electron chi connectivity index (χ2n) is 24.7. The Morgan fingerprint density at radius 1 is 0.400 bits per heavy atom. The van der Waals surface area contributed by atoms with Crippen molar-refractivity contribution in [2.75, 3.05) is 42.8 Å². The van der Waals surface area contributed by atoms with Crippen LogP contribution in [0.1, 0.15) is 260 Å². The third-order valence-electron chi connectivity index (χ3n) is 8.76. The van der Waals surface area contributed by atoms with Crippen LogP contribution in [0.4, 0.5) is 0 Å². The zero-order valence-electron chi connectivity index (χ0n) is 54.2. The molecule has 436 valence electrons. The molecule has 0 heterocycles. The summed E-state index contributed by atoms with van der Waals surface area (Å²) in [6.07, 6.45) is 8.62. The van der Waals surface area contributed by atoms with E-state index in [1.54, 1.807) is 0 Å². The van der Waals surface area contributed by atoms with Crippen LogP contribution >= 0.6 is 23.5 Å². The molecule has 0 bridgehead atoms. The summed E-state index contributed by atoms with van der Waals surface area (Å²) >= 11 is 4.10. The van der Waals surface area contributed by atoms with Crippen LogP contribution in [0.15, 0.2) is 0 Å². The smallest absolute Gasteiger partial charge is 0.0518 e. The summed E-state index contributed by atoms with van der Waals surface area (Å²) in [5.74, 6) is 11.3. The summed E-state index contributed by atoms with van der Waals surface area (Å²) in [5, 5.41) is 5.62. The van der Waals surface area contributed by atoms with Gasteiger partial charge in [0.25, 0.3) is 0 Å². The number of nitrogens with one attached hydrogen (secondary N) is 1. The van der Waals surface area contributed by atoms with Gasteiger partial charge in [-0.2, -0.15) is 23.5 Å². The quantitative estimate of drug-likeness (QED) is 0.0837. The van der Waals surface area contributed by atoms with Gasteiger partial charge in [0, 0.05) is 62.9 Å². The van der Waals surface area contributed by atoms with E-state index < -0.39 is 21.6 Å². The van der Waals surface area contributed by atoms with Crippen molar-refractivity contribution >= 4 is 45.1 Å². The molecular weight excluding hydrogens is 939 g/mol. The van der Waals surface area contributed by atoms with E-state index in [1.165, 1.54) is 43.6 Å². The van der Waals surface area contributed by atoms with Crippen molar-refractivity contribution in [1.82, 2.24) is 5.32 Å². The molecule has 0 saturated carbocycles. The Kier molecular flexibility index (Phi) is 78.1. The first-order valence-electron chi connectivity index (χ1n) is 28.8. The van der Waals surface area contributed by atoms with Gasteiger partial charge in [-0.15, -0.1) is 0 Å². The maximum Gasteiger partial charge on any atom is 0.0518 e. The van der Waals surface area contributed by atoms with Crippen molar-refractivity contribution < 1.29 is 17.9 Å². The molecule has 70 heavy (non-hydrogen) atoms. The third-order valence-corrected chi connectivity index (χ3v) is 15.2. The summed E-state index contributed by atoms with van der Waals surface area (Å²) in [4.78, 5) is 0. The second-order valence-corrected chi connectivity index (χ2v) is 32.2. The molecule has 0 aromatic carbocycles. The summed E-state index contributed by atoms with van der Waals surface area (Å²) < 4.78 is 32.9. The molecular formula is C61H139NO4S4. The van der Waals surface area contributed by atoms with Gasteiger partial charge in [0.2, 0.25) is 0 Å². The Morgan fingerprint density at radius 3 is 1.01 bits per heavy atom. The van der Waals surface area contributed by atoms with Crippen molar-refractivity contribution in [3.8, 4) is 0 Å². The number of thioether (sulfide) groups is 2. The fraction of sp³-hybridized carbons (Fsp3) is 1.00. The summed E-state index contributed by atoms with van der Waals surface area (Å²) in [6.45, 7) is 72.5. The van der Waals surface area contributed by atoms with Crippen LogP contribution in [-0.2, 0) is 31.1 Å². The second kappa shape index (κ2) is 62.4. The highest BCUT2D eigenvalue weighted by Crippen LogP contribution is 2.14. The molecule has 9 heteroatoms. The predicted molar refractivity (Wildman–Crippen MR) is 338 cm³/mol. The van der Waals surface area contributed by atoms with E-state index in [9.17, 15) is 8.42 Å². The Labute approximate surface area is 460 Å². The van der Waals surface area contributed by atoms with Gasteiger partial charge >= 0.3 is 0 Å². The van der Waals surface area contributed by atoms with Crippen molar-refractivity contribution in [2.45, 2.75) is 299 Å². The maximum atomic E-state index is 11.2. The fourth-order valence-corrected chi connectivity index (χ4v) is 8.43. The van der Waals surface area contributed by atoms with E-state index in [4.69, 9.17) is 9.47 Å². The lowest BCUT2D eigenvalue weighted by atomic mass is 10.0. The van der Waals surface area contributed by atoms with Crippen molar-refractivity contribution in [3.05, 3.63) is 0 Å². The van der Waals surface area contributed by atoms with Crippen LogP contribution in [0.5, 0.6) is 0 Å². The molecule has 1 N–H and O–H groups in total. The highest BCUT2D eigenvalue weighted by atomic mass is 32.2. The average molecular weight is 1080 g/mol. The van der Waals surface area contributed by atoms with E-state index >= 15 is 0 Å². The number of rotatable bonds is 28. The average Bonchev–Trinajstić information content (AvgIpc) is 3.18. The van der Waals surface area contributed by atoms with Gasteiger partial charge in [-0.1, -0.05) is 213 Å². The molecule has 0 aliphatic rings. The van der Waals surface area contributed by atoms with Crippen LogP contribution in [0.2, 0.25) is 0 Å². The lowest BCUT2D eigenvalue weighted by molar-refractivity contribution is 0.0593. The van der Waals surface area contributed by atoms with Gasteiger partial charge < -0.3 is 14.8 Å². The Balaban J connectivity index is -0.000000105. The van der Waals surface area contributed by atoms with Gasteiger partial charge in [0.05, 0.1) is 12.2 Å². The van der Waals surface area contributed by atoms with Gasteiger partial charge in [0.15, 0.2) is 0 Å². The van der Waals surface area contributed by atoms with E-state index in [1.807, 2.05) is 39.5 Å². The van der Waals surface area contributed by atoms with E-state index in [2.05, 4.69) is 211 Å². The first-order chi connectivity index (χ1) is 31.8. The van der Waals surface area contributed by atoms with Gasteiger partial charge in [-0.3, -0.25) is 8.42 Å². The minimum Gasteiger partial charge on any atom is -0.379 e. The molecule has 0 fully saturated rings. The first kappa shape index (κ1) is 87.5. The van der Waals surface area contributed by atoms with E-state index in [-0.39, 0.29) is 0 Å². The molecule has 0 radical (unpaired) electrons. The highest BCUT2D eigenvalue weighted by molar-refractivity contribution is 8.00. The highest BCUT2D eigenvalue weighted by Gasteiger charge is 2.07. The zero-order chi connectivity index (χ0) is 57.1. The van der Waals surface area contributed by atoms with E-state index in [0.29, 0.717) is 46.5 Å². The number of ether oxygens (including phenoxy) is 2. The molecule has 0 saturated heterocycles. The molecule has 0 amide bonds. The van der Waals surface area contributed by atoms with Crippen LogP contribution in [-0.4, -0.2) is 90.4 Å². The summed E-state index contributed by atoms with van der Waals surface area (Å²) in [5.41, 5.74) is 0. The van der Waals surface area contributed by atoms with Gasteiger partial charge in [-0.25, -0.2) is 0 Å². The van der Waals surface area contributed by atoms with Crippen LogP contribution in [0.3, 0.4) is 0 Å². The van der Waals surface area contributed by atoms with E-state index in [0.717, 1.165) is 83.7 Å². The van der Waals surface area contributed by atoms with Crippen LogP contribution in [0, 0.1) is 53.3 Å². The van der Waals surface area contributed by atoms with Crippen LogP contribution < -0.4 is 5.32 Å². The molecule has 2 unspecified atom stereocenters. The number of hydrogen-bond acceptors (Lipinski definition) is 7. The molecule has 0 rings (SSSR count). The molecule has 0 aliphatic heterocycles. The third kappa shape index (κ3) is 123. The molecule has 0 aromatic heterocycles. The predicted octanol–water partition coefficient (Wildman–Crippen LogP) is 19.6. The van der Waals surface area contributed by atoms with Gasteiger partial charge in [0.1, 0.15) is 0 Å². The van der Waals surface area contributed by atoms with Gasteiger partial charge in [-0.05, 0) is 129 Å². The molecule has 0 spiro atoms. The number of hydrogen-bond donors (Lipinski definition) is 1.